The van der Waals surface area contributed by atoms with Gasteiger partial charge in [-0.05, 0) is 31.9 Å². The molecule has 0 aliphatic carbocycles. The van der Waals surface area contributed by atoms with Crippen molar-refractivity contribution >= 4 is 11.9 Å². The Hall–Kier alpha value is -2.29. The molecule has 2 fully saturated rings. The van der Waals surface area contributed by atoms with E-state index in [1.807, 2.05) is 24.8 Å². The van der Waals surface area contributed by atoms with Crippen LogP contribution in [0.15, 0.2) is 6.07 Å². The van der Waals surface area contributed by atoms with Crippen LogP contribution in [-0.2, 0) is 4.74 Å². The molecule has 2 aliphatic heterocycles. The summed E-state index contributed by atoms with van der Waals surface area (Å²) >= 11 is 0. The van der Waals surface area contributed by atoms with Gasteiger partial charge in [0.1, 0.15) is 18.5 Å². The molecule has 1 atom stereocenters. The Labute approximate surface area is 130 Å². The first-order valence-corrected chi connectivity index (χ1v) is 7.58. The van der Waals surface area contributed by atoms with Gasteiger partial charge in [-0.2, -0.15) is 5.26 Å². The van der Waals surface area contributed by atoms with Crippen LogP contribution in [0.3, 0.4) is 0 Å². The highest BCUT2D eigenvalue weighted by Gasteiger charge is 2.50. The van der Waals surface area contributed by atoms with Crippen LogP contribution in [0.2, 0.25) is 0 Å². The summed E-state index contributed by atoms with van der Waals surface area (Å²) < 4.78 is 5.26. The van der Waals surface area contributed by atoms with Crippen LogP contribution in [0.25, 0.3) is 0 Å². The summed E-state index contributed by atoms with van der Waals surface area (Å²) in [7, 11) is 0. The number of ether oxygens (including phenoxy) is 1. The van der Waals surface area contributed by atoms with Gasteiger partial charge in [-0.1, -0.05) is 6.92 Å². The number of pyridine rings is 1. The second kappa shape index (κ2) is 5.16. The third-order valence-corrected chi connectivity index (χ3v) is 4.73. The van der Waals surface area contributed by atoms with E-state index in [2.05, 4.69) is 22.9 Å². The molecule has 0 N–H and O–H groups in total. The maximum absolute atomic E-state index is 11.9. The van der Waals surface area contributed by atoms with Gasteiger partial charge in [-0.25, -0.2) is 9.78 Å². The van der Waals surface area contributed by atoms with Gasteiger partial charge in [0.2, 0.25) is 0 Å². The van der Waals surface area contributed by atoms with E-state index in [0.29, 0.717) is 31.8 Å². The summed E-state index contributed by atoms with van der Waals surface area (Å²) in [5.74, 6) is 0.729. The molecule has 116 valence electrons. The molecular formula is C16H20N4O2. The van der Waals surface area contributed by atoms with Gasteiger partial charge in [0, 0.05) is 25.3 Å². The van der Waals surface area contributed by atoms with Crippen LogP contribution in [-0.4, -0.2) is 47.8 Å². The lowest BCUT2D eigenvalue weighted by Crippen LogP contribution is -2.61. The Morgan fingerprint density at radius 1 is 1.45 bits per heavy atom. The number of fused-ring (bicyclic) bond motifs is 1. The molecule has 2 saturated heterocycles. The summed E-state index contributed by atoms with van der Waals surface area (Å²) in [5, 5.41) is 9.47. The first-order valence-electron chi connectivity index (χ1n) is 7.58. The molecule has 6 nitrogen and oxygen atoms in total. The van der Waals surface area contributed by atoms with E-state index in [1.165, 1.54) is 0 Å². The summed E-state index contributed by atoms with van der Waals surface area (Å²) in [6.07, 6.45) is 0.595. The van der Waals surface area contributed by atoms with Crippen molar-refractivity contribution in [2.24, 2.45) is 0 Å². The lowest BCUT2D eigenvalue weighted by Gasteiger charge is -2.45. The predicted molar refractivity (Wildman–Crippen MR) is 81.7 cm³/mol. The standard InChI is InChI=1S/C16H20N4O2/c1-4-16-9-19(5-6-20(16)15(21)22-10-16)14-13(8-17)11(2)7-12(3)18-14/h7H,4-6,9-10H2,1-3H3. The van der Waals surface area contributed by atoms with Crippen molar-refractivity contribution < 1.29 is 9.53 Å². The molecular weight excluding hydrogens is 280 g/mol. The molecule has 0 saturated carbocycles. The summed E-state index contributed by atoms with van der Waals surface area (Å²) in [4.78, 5) is 20.4. The maximum atomic E-state index is 11.9. The minimum atomic E-state index is -0.304. The number of carbonyl (C=O) groups is 1. The van der Waals surface area contributed by atoms with Gasteiger partial charge in [0.15, 0.2) is 0 Å². The molecule has 0 spiro atoms. The predicted octanol–water partition coefficient (Wildman–Crippen LogP) is 1.99. The zero-order chi connectivity index (χ0) is 15.9. The summed E-state index contributed by atoms with van der Waals surface area (Å²) in [5.41, 5.74) is 2.16. The van der Waals surface area contributed by atoms with Gasteiger partial charge >= 0.3 is 6.09 Å². The molecule has 0 bridgehead atoms. The topological polar surface area (TPSA) is 69.5 Å². The normalized spacial score (nSPS) is 24.0. The van der Waals surface area contributed by atoms with Crippen molar-refractivity contribution in [1.82, 2.24) is 9.88 Å². The Kier molecular flexibility index (Phi) is 3.44. The van der Waals surface area contributed by atoms with Crippen molar-refractivity contribution in [2.45, 2.75) is 32.7 Å². The van der Waals surface area contributed by atoms with Crippen LogP contribution < -0.4 is 4.90 Å². The molecule has 6 heteroatoms. The Balaban J connectivity index is 1.98. The van der Waals surface area contributed by atoms with Crippen LogP contribution in [0.5, 0.6) is 0 Å². The van der Waals surface area contributed by atoms with Crippen LogP contribution >= 0.6 is 0 Å². The van der Waals surface area contributed by atoms with Gasteiger partial charge < -0.3 is 9.64 Å². The number of piperazine rings is 1. The molecule has 0 radical (unpaired) electrons. The number of nitrogens with zero attached hydrogens (tertiary/aromatic N) is 4. The minimum Gasteiger partial charge on any atom is -0.447 e. The average Bonchev–Trinajstić information content (AvgIpc) is 2.84. The lowest BCUT2D eigenvalue weighted by molar-refractivity contribution is 0.137. The van der Waals surface area contributed by atoms with E-state index in [-0.39, 0.29) is 11.6 Å². The molecule has 0 aromatic carbocycles. The molecule has 1 aromatic rings. The SMILES string of the molecule is CCC12COC(=O)N1CCN(c1nc(C)cc(C)c1C#N)C2. The molecule has 1 aromatic heterocycles. The Bertz CT molecular complexity index is 667. The fourth-order valence-corrected chi connectivity index (χ4v) is 3.43. The number of rotatable bonds is 2. The lowest BCUT2D eigenvalue weighted by atomic mass is 9.92. The molecule has 1 amide bonds. The summed E-state index contributed by atoms with van der Waals surface area (Å²) in [6.45, 7) is 8.27. The molecule has 3 heterocycles. The van der Waals surface area contributed by atoms with Crippen molar-refractivity contribution in [2.75, 3.05) is 31.1 Å². The molecule has 3 rings (SSSR count). The fourth-order valence-electron chi connectivity index (χ4n) is 3.43. The number of hydrogen-bond donors (Lipinski definition) is 0. The van der Waals surface area contributed by atoms with Crippen molar-refractivity contribution in [1.29, 1.82) is 5.26 Å². The smallest absolute Gasteiger partial charge is 0.410 e. The third-order valence-electron chi connectivity index (χ3n) is 4.73. The number of hydrogen-bond acceptors (Lipinski definition) is 5. The van der Waals surface area contributed by atoms with Crippen LogP contribution in [0.4, 0.5) is 10.6 Å². The fraction of sp³-hybridized carbons (Fsp3) is 0.562. The van der Waals surface area contributed by atoms with E-state index in [0.717, 1.165) is 23.5 Å². The largest absolute Gasteiger partial charge is 0.447 e. The number of carbonyl (C=O) groups excluding carboxylic acids is 1. The number of amides is 1. The molecule has 22 heavy (non-hydrogen) atoms. The van der Waals surface area contributed by atoms with E-state index < -0.39 is 0 Å². The highest BCUT2D eigenvalue weighted by atomic mass is 16.6. The highest BCUT2D eigenvalue weighted by molar-refractivity contribution is 5.72. The van der Waals surface area contributed by atoms with E-state index in [4.69, 9.17) is 4.74 Å². The monoisotopic (exact) mass is 300 g/mol. The number of cyclic esters (lactones) is 1. The zero-order valence-corrected chi connectivity index (χ0v) is 13.2. The molecule has 1 unspecified atom stereocenters. The Morgan fingerprint density at radius 2 is 2.23 bits per heavy atom. The van der Waals surface area contributed by atoms with Crippen LogP contribution in [0.1, 0.15) is 30.2 Å². The van der Waals surface area contributed by atoms with Crippen LogP contribution in [0, 0.1) is 25.2 Å². The number of aromatic nitrogens is 1. The van der Waals surface area contributed by atoms with E-state index >= 15 is 0 Å². The number of anilines is 1. The van der Waals surface area contributed by atoms with Gasteiger partial charge in [0.25, 0.3) is 0 Å². The first kappa shape index (κ1) is 14.6. The molecule has 2 aliphatic rings. The maximum Gasteiger partial charge on any atom is 0.410 e. The van der Waals surface area contributed by atoms with Crippen molar-refractivity contribution in [3.05, 3.63) is 22.9 Å². The van der Waals surface area contributed by atoms with Gasteiger partial charge in [0.05, 0.1) is 11.1 Å². The Morgan fingerprint density at radius 3 is 2.91 bits per heavy atom. The summed E-state index contributed by atoms with van der Waals surface area (Å²) in [6, 6.07) is 4.20. The number of aryl methyl sites for hydroxylation is 2. The van der Waals surface area contributed by atoms with Crippen molar-refractivity contribution in [3.8, 4) is 6.07 Å². The second-order valence-corrected chi connectivity index (χ2v) is 6.10. The number of nitriles is 1. The van der Waals surface area contributed by atoms with Crippen molar-refractivity contribution in [3.63, 3.8) is 0 Å². The quantitative estimate of drug-likeness (QED) is 0.835. The zero-order valence-electron chi connectivity index (χ0n) is 13.2. The third kappa shape index (κ3) is 2.08. The average molecular weight is 300 g/mol. The highest BCUT2D eigenvalue weighted by Crippen LogP contribution is 2.34. The van der Waals surface area contributed by atoms with E-state index in [1.54, 1.807) is 0 Å². The second-order valence-electron chi connectivity index (χ2n) is 6.10. The van der Waals surface area contributed by atoms with E-state index in [9.17, 15) is 10.1 Å². The minimum absolute atomic E-state index is 0.226. The van der Waals surface area contributed by atoms with Gasteiger partial charge in [-0.15, -0.1) is 0 Å². The first-order chi connectivity index (χ1) is 10.5. The van der Waals surface area contributed by atoms with Gasteiger partial charge in [-0.3, -0.25) is 4.90 Å².